The van der Waals surface area contributed by atoms with Crippen molar-refractivity contribution in [3.8, 4) is 0 Å². The summed E-state index contributed by atoms with van der Waals surface area (Å²) in [5.41, 5.74) is 5.63. The number of hydrogen-bond acceptors (Lipinski definition) is 4. The van der Waals surface area contributed by atoms with Gasteiger partial charge in [-0.15, -0.1) is 0 Å². The molecule has 19 heavy (non-hydrogen) atoms. The first-order valence-corrected chi connectivity index (χ1v) is 6.42. The molecule has 1 aromatic rings. The van der Waals surface area contributed by atoms with Crippen molar-refractivity contribution in [2.75, 3.05) is 5.73 Å². The van der Waals surface area contributed by atoms with Crippen LogP contribution in [0.5, 0.6) is 0 Å². The number of amides is 1. The minimum atomic E-state index is -0.577. The van der Waals surface area contributed by atoms with Crippen molar-refractivity contribution >= 4 is 17.3 Å². The summed E-state index contributed by atoms with van der Waals surface area (Å²) in [6, 6.07) is 4.32. The van der Waals surface area contributed by atoms with E-state index in [4.69, 9.17) is 5.73 Å². The maximum absolute atomic E-state index is 12.0. The van der Waals surface area contributed by atoms with Gasteiger partial charge in [-0.1, -0.05) is 19.3 Å². The predicted molar refractivity (Wildman–Crippen MR) is 71.8 cm³/mol. The first-order chi connectivity index (χ1) is 9.08. The molecule has 0 bridgehead atoms. The van der Waals surface area contributed by atoms with Gasteiger partial charge in [0.15, 0.2) is 0 Å². The van der Waals surface area contributed by atoms with Crippen molar-refractivity contribution < 1.29 is 9.72 Å². The summed E-state index contributed by atoms with van der Waals surface area (Å²) in [4.78, 5) is 22.2. The first-order valence-electron chi connectivity index (χ1n) is 6.42. The molecule has 2 rings (SSSR count). The third-order valence-electron chi connectivity index (χ3n) is 3.43. The molecule has 1 aliphatic carbocycles. The SMILES string of the molecule is Nc1ccc(C(=O)NC2CCCCC2)cc1[N+](=O)[O-]. The standard InChI is InChI=1S/C13H17N3O3/c14-11-7-6-9(8-12(11)16(18)19)13(17)15-10-4-2-1-3-5-10/h6-8,10H,1-5,14H2,(H,15,17). The third-order valence-corrected chi connectivity index (χ3v) is 3.43. The van der Waals surface area contributed by atoms with Crippen LogP contribution < -0.4 is 11.1 Å². The highest BCUT2D eigenvalue weighted by Gasteiger charge is 2.19. The second-order valence-corrected chi connectivity index (χ2v) is 4.84. The fraction of sp³-hybridized carbons (Fsp3) is 0.462. The molecule has 0 saturated heterocycles. The zero-order chi connectivity index (χ0) is 13.8. The minimum Gasteiger partial charge on any atom is -0.393 e. The lowest BCUT2D eigenvalue weighted by molar-refractivity contribution is -0.383. The van der Waals surface area contributed by atoms with Gasteiger partial charge in [0, 0.05) is 17.7 Å². The number of nitro benzene ring substituents is 1. The molecule has 1 amide bonds. The minimum absolute atomic E-state index is 0.0687. The number of carbonyl (C=O) groups excluding carboxylic acids is 1. The maximum Gasteiger partial charge on any atom is 0.292 e. The third kappa shape index (κ3) is 3.21. The number of benzene rings is 1. The molecule has 1 fully saturated rings. The summed E-state index contributed by atoms with van der Waals surface area (Å²) in [6.07, 6.45) is 5.39. The molecule has 0 radical (unpaired) electrons. The number of carbonyl (C=O) groups is 1. The van der Waals surface area contributed by atoms with Gasteiger partial charge in [-0.2, -0.15) is 0 Å². The number of nitro groups is 1. The second-order valence-electron chi connectivity index (χ2n) is 4.84. The number of nitrogens with zero attached hydrogens (tertiary/aromatic N) is 1. The van der Waals surface area contributed by atoms with Gasteiger partial charge < -0.3 is 11.1 Å². The molecular weight excluding hydrogens is 246 g/mol. The monoisotopic (exact) mass is 263 g/mol. The molecule has 0 heterocycles. The van der Waals surface area contributed by atoms with E-state index in [0.29, 0.717) is 0 Å². The Hall–Kier alpha value is -2.11. The van der Waals surface area contributed by atoms with E-state index in [2.05, 4.69) is 5.32 Å². The molecule has 0 spiro atoms. The van der Waals surface area contributed by atoms with Gasteiger partial charge in [-0.3, -0.25) is 14.9 Å². The Morgan fingerprint density at radius 2 is 2.00 bits per heavy atom. The average molecular weight is 263 g/mol. The molecule has 0 atom stereocenters. The average Bonchev–Trinajstić information content (AvgIpc) is 2.40. The summed E-state index contributed by atoms with van der Waals surface area (Å²) in [6.45, 7) is 0. The smallest absolute Gasteiger partial charge is 0.292 e. The maximum atomic E-state index is 12.0. The van der Waals surface area contributed by atoms with E-state index in [-0.39, 0.29) is 28.9 Å². The number of hydrogen-bond donors (Lipinski definition) is 2. The summed E-state index contributed by atoms with van der Waals surface area (Å²) >= 11 is 0. The van der Waals surface area contributed by atoms with Gasteiger partial charge in [0.2, 0.25) is 0 Å². The predicted octanol–water partition coefficient (Wildman–Crippen LogP) is 2.24. The van der Waals surface area contributed by atoms with E-state index in [0.717, 1.165) is 25.7 Å². The van der Waals surface area contributed by atoms with Crippen LogP contribution >= 0.6 is 0 Å². The molecular formula is C13H17N3O3. The normalized spacial score (nSPS) is 16.0. The Balaban J connectivity index is 2.10. The lowest BCUT2D eigenvalue weighted by atomic mass is 9.95. The lowest BCUT2D eigenvalue weighted by Crippen LogP contribution is -2.36. The second kappa shape index (κ2) is 5.69. The van der Waals surface area contributed by atoms with Crippen molar-refractivity contribution in [2.45, 2.75) is 38.1 Å². The van der Waals surface area contributed by atoms with Gasteiger partial charge in [0.25, 0.3) is 11.6 Å². The Morgan fingerprint density at radius 1 is 1.32 bits per heavy atom. The summed E-state index contributed by atoms with van der Waals surface area (Å²) in [7, 11) is 0. The highest BCUT2D eigenvalue weighted by molar-refractivity contribution is 5.95. The van der Waals surface area contributed by atoms with E-state index < -0.39 is 4.92 Å². The number of nitrogens with two attached hydrogens (primary N) is 1. The highest BCUT2D eigenvalue weighted by atomic mass is 16.6. The largest absolute Gasteiger partial charge is 0.393 e. The van der Waals surface area contributed by atoms with Crippen LogP contribution in [0.1, 0.15) is 42.5 Å². The molecule has 102 valence electrons. The lowest BCUT2D eigenvalue weighted by Gasteiger charge is -2.22. The number of anilines is 1. The van der Waals surface area contributed by atoms with Crippen molar-refractivity contribution in [1.29, 1.82) is 0 Å². The van der Waals surface area contributed by atoms with Crippen LogP contribution in [-0.2, 0) is 0 Å². The van der Waals surface area contributed by atoms with Crippen molar-refractivity contribution in [3.63, 3.8) is 0 Å². The van der Waals surface area contributed by atoms with Crippen LogP contribution in [-0.4, -0.2) is 16.9 Å². The van der Waals surface area contributed by atoms with E-state index in [1.165, 1.54) is 24.6 Å². The molecule has 6 heteroatoms. The fourth-order valence-corrected chi connectivity index (χ4v) is 2.36. The molecule has 1 aromatic carbocycles. The molecule has 0 aliphatic heterocycles. The van der Waals surface area contributed by atoms with Gasteiger partial charge >= 0.3 is 0 Å². The Bertz CT molecular complexity index is 496. The van der Waals surface area contributed by atoms with Gasteiger partial charge in [0.05, 0.1) is 4.92 Å². The quantitative estimate of drug-likeness (QED) is 0.496. The van der Waals surface area contributed by atoms with Crippen LogP contribution in [0.2, 0.25) is 0 Å². The van der Waals surface area contributed by atoms with E-state index in [1.807, 2.05) is 0 Å². The first kappa shape index (κ1) is 13.3. The van der Waals surface area contributed by atoms with Crippen LogP contribution in [0.4, 0.5) is 11.4 Å². The summed E-state index contributed by atoms with van der Waals surface area (Å²) in [5, 5.41) is 13.7. The van der Waals surface area contributed by atoms with Crippen molar-refractivity contribution in [1.82, 2.24) is 5.32 Å². The van der Waals surface area contributed by atoms with E-state index in [1.54, 1.807) is 0 Å². The molecule has 1 aliphatic rings. The van der Waals surface area contributed by atoms with Crippen LogP contribution in [0.15, 0.2) is 18.2 Å². The molecule has 1 saturated carbocycles. The van der Waals surface area contributed by atoms with Crippen molar-refractivity contribution in [2.24, 2.45) is 0 Å². The van der Waals surface area contributed by atoms with Crippen LogP contribution in [0.25, 0.3) is 0 Å². The topological polar surface area (TPSA) is 98.3 Å². The molecule has 3 N–H and O–H groups in total. The number of rotatable bonds is 3. The number of nitrogen functional groups attached to an aromatic ring is 1. The van der Waals surface area contributed by atoms with Crippen LogP contribution in [0.3, 0.4) is 0 Å². The Morgan fingerprint density at radius 3 is 2.63 bits per heavy atom. The number of nitrogens with one attached hydrogen (secondary N) is 1. The van der Waals surface area contributed by atoms with Gasteiger partial charge in [0.1, 0.15) is 5.69 Å². The Labute approximate surface area is 111 Å². The zero-order valence-corrected chi connectivity index (χ0v) is 10.6. The van der Waals surface area contributed by atoms with Gasteiger partial charge in [-0.05, 0) is 25.0 Å². The van der Waals surface area contributed by atoms with E-state index in [9.17, 15) is 14.9 Å². The Kier molecular flexibility index (Phi) is 3.99. The summed E-state index contributed by atoms with van der Waals surface area (Å²) in [5.74, 6) is -0.269. The zero-order valence-electron chi connectivity index (χ0n) is 10.6. The van der Waals surface area contributed by atoms with Crippen molar-refractivity contribution in [3.05, 3.63) is 33.9 Å². The fourth-order valence-electron chi connectivity index (χ4n) is 2.36. The van der Waals surface area contributed by atoms with E-state index >= 15 is 0 Å². The van der Waals surface area contributed by atoms with Gasteiger partial charge in [-0.25, -0.2) is 0 Å². The highest BCUT2D eigenvalue weighted by Crippen LogP contribution is 2.23. The molecule has 6 nitrogen and oxygen atoms in total. The summed E-state index contributed by atoms with van der Waals surface area (Å²) < 4.78 is 0. The molecule has 0 aromatic heterocycles. The molecule has 0 unspecified atom stereocenters. The van der Waals surface area contributed by atoms with Crippen LogP contribution in [0, 0.1) is 10.1 Å².